The van der Waals surface area contributed by atoms with Crippen LogP contribution in [0.15, 0.2) is 71.4 Å². The topological polar surface area (TPSA) is 61.4 Å². The van der Waals surface area contributed by atoms with Crippen molar-refractivity contribution in [3.8, 4) is 0 Å². The van der Waals surface area contributed by atoms with Crippen molar-refractivity contribution < 1.29 is 9.59 Å². The molecule has 5 nitrogen and oxygen atoms in total. The number of rotatable bonds is 7. The number of nitrogens with zero attached hydrogens (tertiary/aromatic N) is 1. The molecule has 0 aliphatic carbocycles. The van der Waals surface area contributed by atoms with Crippen LogP contribution >= 0.6 is 11.3 Å². The summed E-state index contributed by atoms with van der Waals surface area (Å²) in [5, 5.41) is 9.35. The molecule has 138 valence electrons. The molecule has 2 N–H and O–H groups in total. The molecule has 3 aromatic rings. The number of anilines is 2. The van der Waals surface area contributed by atoms with E-state index in [1.807, 2.05) is 42.8 Å². The summed E-state index contributed by atoms with van der Waals surface area (Å²) in [5.74, 6) is -0.432. The summed E-state index contributed by atoms with van der Waals surface area (Å²) in [6.07, 6.45) is 0. The minimum Gasteiger partial charge on any atom is -0.373 e. The van der Waals surface area contributed by atoms with Crippen molar-refractivity contribution in [2.75, 3.05) is 30.4 Å². The maximum absolute atomic E-state index is 12.6. The van der Waals surface area contributed by atoms with Crippen LogP contribution in [0.25, 0.3) is 0 Å². The van der Waals surface area contributed by atoms with Gasteiger partial charge in [-0.15, -0.1) is 0 Å². The number of para-hydroxylation sites is 2. The maximum atomic E-state index is 12.6. The van der Waals surface area contributed by atoms with Crippen molar-refractivity contribution in [2.45, 2.75) is 0 Å². The molecule has 0 fully saturated rings. The van der Waals surface area contributed by atoms with Crippen LogP contribution in [0.4, 0.5) is 11.4 Å². The van der Waals surface area contributed by atoms with Crippen molar-refractivity contribution in [3.63, 3.8) is 0 Å². The van der Waals surface area contributed by atoms with E-state index in [4.69, 9.17) is 0 Å². The number of benzene rings is 2. The monoisotopic (exact) mass is 379 g/mol. The molecule has 1 heterocycles. The van der Waals surface area contributed by atoms with Crippen LogP contribution in [0.2, 0.25) is 0 Å². The van der Waals surface area contributed by atoms with Crippen LogP contribution < -0.4 is 15.5 Å². The summed E-state index contributed by atoms with van der Waals surface area (Å²) in [5.41, 5.74) is 2.63. The minimum absolute atomic E-state index is 0.210. The highest BCUT2D eigenvalue weighted by Gasteiger charge is 2.14. The molecular weight excluding hydrogens is 358 g/mol. The molecule has 6 heteroatoms. The number of likely N-dealkylation sites (N-methyl/N-ethyl adjacent to an activating group) is 1. The van der Waals surface area contributed by atoms with Gasteiger partial charge in [-0.25, -0.2) is 0 Å². The number of amides is 2. The van der Waals surface area contributed by atoms with Crippen molar-refractivity contribution in [2.24, 2.45) is 0 Å². The molecule has 0 aliphatic heterocycles. The van der Waals surface area contributed by atoms with Crippen molar-refractivity contribution in [1.29, 1.82) is 0 Å². The van der Waals surface area contributed by atoms with Gasteiger partial charge in [0.25, 0.3) is 11.8 Å². The third kappa shape index (κ3) is 4.95. The van der Waals surface area contributed by atoms with Gasteiger partial charge in [0.1, 0.15) is 0 Å². The Kier molecular flexibility index (Phi) is 6.22. The first kappa shape index (κ1) is 18.7. The van der Waals surface area contributed by atoms with Gasteiger partial charge in [0, 0.05) is 31.2 Å². The van der Waals surface area contributed by atoms with Gasteiger partial charge in [0.15, 0.2) is 0 Å². The number of carbonyl (C=O) groups excluding carboxylic acids is 2. The zero-order chi connectivity index (χ0) is 19.1. The summed E-state index contributed by atoms with van der Waals surface area (Å²) < 4.78 is 0. The van der Waals surface area contributed by atoms with Gasteiger partial charge in [-0.3, -0.25) is 9.59 Å². The van der Waals surface area contributed by atoms with Gasteiger partial charge in [-0.2, -0.15) is 11.3 Å². The lowest BCUT2D eigenvalue weighted by atomic mass is 10.1. The number of hydrogen-bond donors (Lipinski definition) is 2. The molecule has 2 aromatic carbocycles. The molecular formula is C21H21N3O2S. The first-order valence-corrected chi connectivity index (χ1v) is 9.56. The quantitative estimate of drug-likeness (QED) is 0.655. The normalized spacial score (nSPS) is 10.3. The predicted octanol–water partition coefficient (Wildman–Crippen LogP) is 3.87. The molecule has 0 radical (unpaired) electrons. The van der Waals surface area contributed by atoms with Crippen molar-refractivity contribution in [3.05, 3.63) is 82.6 Å². The number of thiophene rings is 1. The standard InChI is InChI=1S/C21H21N3O2S/c1-24(17-7-3-2-4-8-17)13-12-22-21(26)18-9-5-6-10-19(18)23-20(25)16-11-14-27-15-16/h2-11,14-15H,12-13H2,1H3,(H,22,26)(H,23,25). The van der Waals surface area contributed by atoms with Crippen LogP contribution in [0.1, 0.15) is 20.7 Å². The first-order chi connectivity index (χ1) is 13.1. The van der Waals surface area contributed by atoms with Gasteiger partial charge < -0.3 is 15.5 Å². The largest absolute Gasteiger partial charge is 0.373 e. The fourth-order valence-electron chi connectivity index (χ4n) is 2.62. The summed E-state index contributed by atoms with van der Waals surface area (Å²) in [6.45, 7) is 1.18. The molecule has 27 heavy (non-hydrogen) atoms. The van der Waals surface area contributed by atoms with E-state index >= 15 is 0 Å². The van der Waals surface area contributed by atoms with E-state index < -0.39 is 0 Å². The van der Waals surface area contributed by atoms with E-state index in [0.29, 0.717) is 29.9 Å². The Bertz CT molecular complexity index is 895. The lowest BCUT2D eigenvalue weighted by molar-refractivity contribution is 0.0955. The summed E-state index contributed by atoms with van der Waals surface area (Å²) >= 11 is 1.46. The lowest BCUT2D eigenvalue weighted by Crippen LogP contribution is -2.33. The Hall–Kier alpha value is -3.12. The van der Waals surface area contributed by atoms with E-state index in [9.17, 15) is 9.59 Å². The Morgan fingerprint density at radius 1 is 0.963 bits per heavy atom. The molecule has 0 atom stereocenters. The smallest absolute Gasteiger partial charge is 0.256 e. The second-order valence-corrected chi connectivity index (χ2v) is 6.80. The van der Waals surface area contributed by atoms with Crippen LogP contribution in [-0.4, -0.2) is 32.0 Å². The van der Waals surface area contributed by atoms with Gasteiger partial charge in [-0.05, 0) is 35.7 Å². The highest BCUT2D eigenvalue weighted by molar-refractivity contribution is 7.08. The molecule has 0 bridgehead atoms. The Balaban J connectivity index is 1.59. The first-order valence-electron chi connectivity index (χ1n) is 8.62. The lowest BCUT2D eigenvalue weighted by Gasteiger charge is -2.19. The van der Waals surface area contributed by atoms with Crippen molar-refractivity contribution in [1.82, 2.24) is 5.32 Å². The average Bonchev–Trinajstić information content (AvgIpc) is 3.24. The van der Waals surface area contributed by atoms with Crippen molar-refractivity contribution >= 4 is 34.5 Å². The molecule has 3 rings (SSSR count). The number of carbonyl (C=O) groups is 2. The maximum Gasteiger partial charge on any atom is 0.256 e. The Morgan fingerprint density at radius 3 is 2.44 bits per heavy atom. The highest BCUT2D eigenvalue weighted by atomic mass is 32.1. The average molecular weight is 379 g/mol. The number of nitrogens with one attached hydrogen (secondary N) is 2. The van der Waals surface area contributed by atoms with Gasteiger partial charge >= 0.3 is 0 Å². The molecule has 0 aliphatic rings. The second-order valence-electron chi connectivity index (χ2n) is 6.02. The van der Waals surface area contributed by atoms with E-state index in [1.165, 1.54) is 11.3 Å². The van der Waals surface area contributed by atoms with E-state index in [0.717, 1.165) is 5.69 Å². The fraction of sp³-hybridized carbons (Fsp3) is 0.143. The van der Waals surface area contributed by atoms with Gasteiger partial charge in [-0.1, -0.05) is 30.3 Å². The van der Waals surface area contributed by atoms with Crippen LogP contribution in [0.5, 0.6) is 0 Å². The van der Waals surface area contributed by atoms with E-state index in [-0.39, 0.29) is 11.8 Å². The Morgan fingerprint density at radius 2 is 1.70 bits per heavy atom. The molecule has 0 spiro atoms. The SMILES string of the molecule is CN(CCNC(=O)c1ccccc1NC(=O)c1ccsc1)c1ccccc1. The van der Waals surface area contributed by atoms with Gasteiger partial charge in [0.2, 0.25) is 0 Å². The summed E-state index contributed by atoms with van der Waals surface area (Å²) in [7, 11) is 1.98. The summed E-state index contributed by atoms with van der Waals surface area (Å²) in [6, 6.07) is 18.8. The predicted molar refractivity (Wildman–Crippen MR) is 111 cm³/mol. The summed E-state index contributed by atoms with van der Waals surface area (Å²) in [4.78, 5) is 26.9. The molecule has 2 amide bonds. The Labute approximate surface area is 162 Å². The zero-order valence-corrected chi connectivity index (χ0v) is 15.8. The van der Waals surface area contributed by atoms with E-state index in [2.05, 4.69) is 15.5 Å². The molecule has 0 saturated carbocycles. The fourth-order valence-corrected chi connectivity index (χ4v) is 3.26. The van der Waals surface area contributed by atoms with Crippen LogP contribution in [0.3, 0.4) is 0 Å². The molecule has 0 unspecified atom stereocenters. The second kappa shape index (κ2) is 9.00. The van der Waals surface area contributed by atoms with E-state index in [1.54, 1.807) is 35.7 Å². The zero-order valence-electron chi connectivity index (χ0n) is 15.0. The van der Waals surface area contributed by atoms with Crippen LogP contribution in [-0.2, 0) is 0 Å². The molecule has 1 aromatic heterocycles. The minimum atomic E-state index is -0.222. The third-order valence-corrected chi connectivity index (χ3v) is 4.82. The highest BCUT2D eigenvalue weighted by Crippen LogP contribution is 2.17. The molecule has 0 saturated heterocycles. The number of hydrogen-bond acceptors (Lipinski definition) is 4. The van der Waals surface area contributed by atoms with Crippen LogP contribution in [0, 0.1) is 0 Å². The third-order valence-electron chi connectivity index (χ3n) is 4.13. The van der Waals surface area contributed by atoms with Gasteiger partial charge in [0.05, 0.1) is 16.8 Å².